The van der Waals surface area contributed by atoms with Crippen LogP contribution in [0.1, 0.15) is 35.7 Å². The van der Waals surface area contributed by atoms with Crippen molar-refractivity contribution in [1.82, 2.24) is 15.5 Å². The van der Waals surface area contributed by atoms with Crippen LogP contribution in [0.3, 0.4) is 0 Å². The van der Waals surface area contributed by atoms with Crippen LogP contribution in [0.5, 0.6) is 0 Å². The van der Waals surface area contributed by atoms with Gasteiger partial charge in [-0.3, -0.25) is 9.89 Å². The molecule has 0 bridgehead atoms. The minimum Gasteiger partial charge on any atom is -0.379 e. The van der Waals surface area contributed by atoms with Gasteiger partial charge in [-0.05, 0) is 25.0 Å². The molecule has 0 saturated carbocycles. The van der Waals surface area contributed by atoms with Crippen molar-refractivity contribution in [1.29, 1.82) is 0 Å². The summed E-state index contributed by atoms with van der Waals surface area (Å²) in [5, 5.41) is 7.04. The third-order valence-corrected chi connectivity index (χ3v) is 5.25. The van der Waals surface area contributed by atoms with Crippen molar-refractivity contribution in [3.63, 3.8) is 0 Å². The van der Waals surface area contributed by atoms with Crippen molar-refractivity contribution in [3.8, 4) is 0 Å². The molecule has 1 fully saturated rings. The Hall–Kier alpha value is -1.64. The molecule has 2 atom stereocenters. The van der Waals surface area contributed by atoms with Crippen LogP contribution in [0.15, 0.2) is 59.6 Å². The van der Waals surface area contributed by atoms with Gasteiger partial charge >= 0.3 is 0 Å². The highest BCUT2D eigenvalue weighted by molar-refractivity contribution is 14.0. The summed E-state index contributed by atoms with van der Waals surface area (Å²) in [6.07, 6.45) is 0. The molecule has 2 unspecified atom stereocenters. The highest BCUT2D eigenvalue weighted by Crippen LogP contribution is 2.22. The largest absolute Gasteiger partial charge is 0.379 e. The van der Waals surface area contributed by atoms with Gasteiger partial charge in [-0.1, -0.05) is 60.2 Å². The minimum absolute atomic E-state index is 0. The molecule has 0 spiro atoms. The van der Waals surface area contributed by atoms with E-state index in [9.17, 15) is 0 Å². The van der Waals surface area contributed by atoms with E-state index in [0.29, 0.717) is 0 Å². The fourth-order valence-corrected chi connectivity index (χ4v) is 3.64. The van der Waals surface area contributed by atoms with E-state index in [1.54, 1.807) is 0 Å². The monoisotopic (exact) mass is 508 g/mol. The number of aliphatic imine (C=N–C) groups is 1. The van der Waals surface area contributed by atoms with E-state index in [1.807, 2.05) is 13.1 Å². The van der Waals surface area contributed by atoms with Crippen molar-refractivity contribution in [2.45, 2.75) is 25.9 Å². The fourth-order valence-electron chi connectivity index (χ4n) is 3.64. The van der Waals surface area contributed by atoms with Gasteiger partial charge in [0.15, 0.2) is 5.96 Å². The van der Waals surface area contributed by atoms with E-state index in [-0.39, 0.29) is 36.1 Å². The Bertz CT molecular complexity index is 762. The van der Waals surface area contributed by atoms with Gasteiger partial charge in [0.05, 0.1) is 25.3 Å². The molecule has 5 nitrogen and oxygen atoms in total. The zero-order valence-electron chi connectivity index (χ0n) is 17.6. The molecule has 2 N–H and O–H groups in total. The Morgan fingerprint density at radius 3 is 2.41 bits per heavy atom. The summed E-state index contributed by atoms with van der Waals surface area (Å²) in [6, 6.07) is 19.7. The maximum atomic E-state index is 5.56. The van der Waals surface area contributed by atoms with Crippen LogP contribution in [-0.2, 0) is 4.74 Å². The summed E-state index contributed by atoms with van der Waals surface area (Å²) in [5.74, 6) is 0.822. The highest BCUT2D eigenvalue weighted by Gasteiger charge is 2.23. The zero-order valence-corrected chi connectivity index (χ0v) is 19.9. The quantitative estimate of drug-likeness (QED) is 0.353. The average Bonchev–Trinajstić information content (AvgIpc) is 2.74. The second kappa shape index (κ2) is 12.1. The van der Waals surface area contributed by atoms with Gasteiger partial charge in [-0.25, -0.2) is 0 Å². The van der Waals surface area contributed by atoms with Crippen LogP contribution >= 0.6 is 24.0 Å². The molecule has 1 aliphatic rings. The van der Waals surface area contributed by atoms with E-state index in [0.717, 1.165) is 38.8 Å². The first-order valence-electron chi connectivity index (χ1n) is 10.1. The number of nitrogens with one attached hydrogen (secondary N) is 2. The summed E-state index contributed by atoms with van der Waals surface area (Å²) >= 11 is 0. The highest BCUT2D eigenvalue weighted by atomic mass is 127. The summed E-state index contributed by atoms with van der Waals surface area (Å²) in [6.45, 7) is 8.59. The van der Waals surface area contributed by atoms with Gasteiger partial charge in [-0.15, -0.1) is 24.0 Å². The molecule has 0 aromatic heterocycles. The Labute approximate surface area is 192 Å². The molecule has 6 heteroatoms. The number of rotatable bonds is 6. The second-order valence-corrected chi connectivity index (χ2v) is 7.31. The second-order valence-electron chi connectivity index (χ2n) is 7.31. The summed E-state index contributed by atoms with van der Waals surface area (Å²) in [4.78, 5) is 6.93. The standard InChI is InChI=1S/C23H32N4O.HI/c1-18-8-7-11-21(16-18)22(27-12-14-28-15-13-27)17-25-23(24-3)26-19(2)20-9-5-4-6-10-20;/h4-11,16,19,22H,12-15,17H2,1-3H3,(H2,24,25,26);1H. The summed E-state index contributed by atoms with van der Waals surface area (Å²) in [5.41, 5.74) is 3.87. The Morgan fingerprint density at radius 2 is 1.76 bits per heavy atom. The number of hydrogen-bond acceptors (Lipinski definition) is 3. The molecule has 0 radical (unpaired) electrons. The zero-order chi connectivity index (χ0) is 19.8. The lowest BCUT2D eigenvalue weighted by atomic mass is 10.0. The van der Waals surface area contributed by atoms with Crippen LogP contribution in [0.2, 0.25) is 0 Å². The fraction of sp³-hybridized carbons (Fsp3) is 0.435. The topological polar surface area (TPSA) is 48.9 Å². The van der Waals surface area contributed by atoms with Crippen LogP contribution in [0, 0.1) is 6.92 Å². The summed E-state index contributed by atoms with van der Waals surface area (Å²) < 4.78 is 5.56. The van der Waals surface area contributed by atoms with Crippen LogP contribution in [0.4, 0.5) is 0 Å². The molecule has 2 aromatic rings. The number of guanidine groups is 1. The molecule has 0 aliphatic carbocycles. The van der Waals surface area contributed by atoms with E-state index >= 15 is 0 Å². The lowest BCUT2D eigenvalue weighted by Crippen LogP contribution is -2.46. The SMILES string of the molecule is CN=C(NCC(c1cccc(C)c1)N1CCOCC1)NC(C)c1ccccc1.I. The maximum absolute atomic E-state index is 5.56. The molecule has 158 valence electrons. The third-order valence-electron chi connectivity index (χ3n) is 5.25. The van der Waals surface area contributed by atoms with Gasteiger partial charge < -0.3 is 15.4 Å². The molecule has 1 saturated heterocycles. The van der Waals surface area contributed by atoms with Gasteiger partial charge in [0.25, 0.3) is 0 Å². The average molecular weight is 508 g/mol. The number of ether oxygens (including phenoxy) is 1. The van der Waals surface area contributed by atoms with E-state index < -0.39 is 0 Å². The number of aryl methyl sites for hydroxylation is 1. The predicted octanol–water partition coefficient (Wildman–Crippen LogP) is 3.91. The number of benzene rings is 2. The molecular formula is C23H33IN4O. The number of morpholine rings is 1. The molecule has 3 rings (SSSR count). The summed E-state index contributed by atoms with van der Waals surface area (Å²) in [7, 11) is 1.82. The first-order chi connectivity index (χ1) is 13.7. The van der Waals surface area contributed by atoms with Gasteiger partial charge in [0, 0.05) is 26.7 Å². The van der Waals surface area contributed by atoms with Crippen LogP contribution in [-0.4, -0.2) is 50.8 Å². The van der Waals surface area contributed by atoms with Gasteiger partial charge in [0.2, 0.25) is 0 Å². The van der Waals surface area contributed by atoms with Crippen molar-refractivity contribution < 1.29 is 4.74 Å². The first-order valence-corrected chi connectivity index (χ1v) is 10.1. The lowest BCUT2D eigenvalue weighted by molar-refractivity contribution is 0.0170. The minimum atomic E-state index is 0. The molecule has 1 heterocycles. The molecule has 1 aliphatic heterocycles. The third kappa shape index (κ3) is 6.97. The van der Waals surface area contributed by atoms with Crippen molar-refractivity contribution >= 4 is 29.9 Å². The van der Waals surface area contributed by atoms with E-state index in [1.165, 1.54) is 16.7 Å². The Kier molecular flexibility index (Phi) is 9.90. The molecule has 2 aromatic carbocycles. The number of hydrogen-bond donors (Lipinski definition) is 2. The molecular weight excluding hydrogens is 475 g/mol. The molecule has 0 amide bonds. The van der Waals surface area contributed by atoms with Crippen molar-refractivity contribution in [2.24, 2.45) is 4.99 Å². The van der Waals surface area contributed by atoms with Crippen LogP contribution in [0.25, 0.3) is 0 Å². The Morgan fingerprint density at radius 1 is 1.07 bits per heavy atom. The van der Waals surface area contributed by atoms with E-state index in [2.05, 4.69) is 82.9 Å². The van der Waals surface area contributed by atoms with Crippen molar-refractivity contribution in [3.05, 3.63) is 71.3 Å². The Balaban J connectivity index is 0.00000300. The smallest absolute Gasteiger partial charge is 0.191 e. The number of halogens is 1. The lowest BCUT2D eigenvalue weighted by Gasteiger charge is -2.35. The maximum Gasteiger partial charge on any atom is 0.191 e. The first kappa shape index (κ1) is 23.6. The van der Waals surface area contributed by atoms with Gasteiger partial charge in [-0.2, -0.15) is 0 Å². The van der Waals surface area contributed by atoms with E-state index in [4.69, 9.17) is 4.74 Å². The van der Waals surface area contributed by atoms with Crippen LogP contribution < -0.4 is 10.6 Å². The molecule has 29 heavy (non-hydrogen) atoms. The predicted molar refractivity (Wildman–Crippen MR) is 131 cm³/mol. The van der Waals surface area contributed by atoms with Crippen molar-refractivity contribution in [2.75, 3.05) is 39.9 Å². The normalized spacial score (nSPS) is 17.1. The van der Waals surface area contributed by atoms with Gasteiger partial charge in [0.1, 0.15) is 0 Å². The number of nitrogens with zero attached hydrogens (tertiary/aromatic N) is 2.